The van der Waals surface area contributed by atoms with Crippen LogP contribution in [-0.2, 0) is 9.53 Å². The Hall–Kier alpha value is -0.570. The van der Waals surface area contributed by atoms with Gasteiger partial charge in [0.05, 0.1) is 12.2 Å². The van der Waals surface area contributed by atoms with E-state index >= 15 is 0 Å². The van der Waals surface area contributed by atoms with Gasteiger partial charge in [-0.15, -0.1) is 0 Å². The summed E-state index contributed by atoms with van der Waals surface area (Å²) in [7, 11) is 0. The topological polar surface area (TPSA) is 46.5 Å². The van der Waals surface area contributed by atoms with Crippen LogP contribution in [0.15, 0.2) is 0 Å². The van der Waals surface area contributed by atoms with Gasteiger partial charge in [-0.05, 0) is 31.6 Å². The molecule has 1 fully saturated rings. The van der Waals surface area contributed by atoms with Crippen molar-refractivity contribution in [2.75, 3.05) is 6.61 Å². The number of rotatable bonds is 4. The normalized spacial score (nSPS) is 28.8. The highest BCUT2D eigenvalue weighted by atomic mass is 16.5. The highest BCUT2D eigenvalue weighted by Crippen LogP contribution is 2.46. The van der Waals surface area contributed by atoms with E-state index in [1.165, 1.54) is 6.42 Å². The molecule has 1 aliphatic carbocycles. The first kappa shape index (κ1) is 13.5. The second-order valence-electron chi connectivity index (χ2n) is 5.43. The number of carbonyl (C=O) groups excluding carboxylic acids is 1. The molecule has 0 saturated heterocycles. The van der Waals surface area contributed by atoms with Crippen molar-refractivity contribution in [2.45, 2.75) is 64.9 Å². The first-order chi connectivity index (χ1) is 7.41. The van der Waals surface area contributed by atoms with Gasteiger partial charge in [0.25, 0.3) is 0 Å². The van der Waals surface area contributed by atoms with Crippen LogP contribution in [0.1, 0.15) is 59.3 Å². The number of hydrogen-bond donors (Lipinski definition) is 1. The minimum absolute atomic E-state index is 0.0856. The molecule has 0 spiro atoms. The molecule has 0 heterocycles. The Morgan fingerprint density at radius 2 is 1.94 bits per heavy atom. The zero-order valence-corrected chi connectivity index (χ0v) is 10.7. The van der Waals surface area contributed by atoms with Gasteiger partial charge in [-0.1, -0.05) is 26.7 Å². The van der Waals surface area contributed by atoms with Crippen LogP contribution in [0.5, 0.6) is 0 Å². The van der Waals surface area contributed by atoms with E-state index < -0.39 is 5.60 Å². The highest BCUT2D eigenvalue weighted by molar-refractivity contribution is 5.69. The Kier molecular flexibility index (Phi) is 4.36. The Morgan fingerprint density at radius 3 is 2.50 bits per heavy atom. The van der Waals surface area contributed by atoms with Gasteiger partial charge in [-0.3, -0.25) is 4.79 Å². The van der Waals surface area contributed by atoms with E-state index in [-0.39, 0.29) is 11.4 Å². The summed E-state index contributed by atoms with van der Waals surface area (Å²) in [6.45, 7) is 6.41. The molecule has 0 aromatic carbocycles. The van der Waals surface area contributed by atoms with Crippen molar-refractivity contribution in [3.05, 3.63) is 0 Å². The molecule has 0 bridgehead atoms. The fourth-order valence-electron chi connectivity index (χ4n) is 2.56. The molecule has 1 aliphatic rings. The molecule has 3 heteroatoms. The SMILES string of the molecule is CCOC(=O)CCC1(O)CCCCC1(C)C. The monoisotopic (exact) mass is 228 g/mol. The minimum atomic E-state index is -0.696. The zero-order valence-electron chi connectivity index (χ0n) is 10.7. The van der Waals surface area contributed by atoms with Crippen molar-refractivity contribution in [1.29, 1.82) is 0 Å². The summed E-state index contributed by atoms with van der Waals surface area (Å²) in [5.41, 5.74) is -0.782. The summed E-state index contributed by atoms with van der Waals surface area (Å²) in [6, 6.07) is 0. The van der Waals surface area contributed by atoms with E-state index in [0.29, 0.717) is 19.4 Å². The number of hydrogen-bond acceptors (Lipinski definition) is 3. The van der Waals surface area contributed by atoms with Crippen molar-refractivity contribution >= 4 is 5.97 Å². The number of esters is 1. The lowest BCUT2D eigenvalue weighted by Crippen LogP contribution is -2.47. The molecule has 0 aromatic rings. The summed E-state index contributed by atoms with van der Waals surface area (Å²) >= 11 is 0. The van der Waals surface area contributed by atoms with Gasteiger partial charge in [0.1, 0.15) is 0 Å². The number of carbonyl (C=O) groups is 1. The van der Waals surface area contributed by atoms with Crippen molar-refractivity contribution < 1.29 is 14.6 Å². The van der Waals surface area contributed by atoms with Gasteiger partial charge < -0.3 is 9.84 Å². The number of aliphatic hydroxyl groups is 1. The van der Waals surface area contributed by atoms with Crippen molar-refractivity contribution in [3.8, 4) is 0 Å². The molecule has 94 valence electrons. The fraction of sp³-hybridized carbons (Fsp3) is 0.923. The average Bonchev–Trinajstić information content (AvgIpc) is 2.20. The van der Waals surface area contributed by atoms with Crippen LogP contribution in [0.2, 0.25) is 0 Å². The maximum Gasteiger partial charge on any atom is 0.305 e. The molecule has 0 amide bonds. The molecule has 0 aliphatic heterocycles. The molecule has 1 saturated carbocycles. The van der Waals surface area contributed by atoms with E-state index in [4.69, 9.17) is 4.74 Å². The van der Waals surface area contributed by atoms with Crippen LogP contribution in [-0.4, -0.2) is 23.3 Å². The predicted octanol–water partition coefficient (Wildman–Crippen LogP) is 2.66. The maximum absolute atomic E-state index is 11.3. The predicted molar refractivity (Wildman–Crippen MR) is 63.1 cm³/mol. The van der Waals surface area contributed by atoms with Crippen LogP contribution >= 0.6 is 0 Å². The smallest absolute Gasteiger partial charge is 0.305 e. The molecule has 0 aromatic heterocycles. The number of ether oxygens (including phenoxy) is 1. The first-order valence-electron chi connectivity index (χ1n) is 6.29. The Labute approximate surface area is 98.2 Å². The second kappa shape index (κ2) is 5.17. The zero-order chi connectivity index (χ0) is 12.2. The summed E-state index contributed by atoms with van der Waals surface area (Å²) in [6.07, 6.45) is 4.93. The Bertz CT molecular complexity index is 248. The second-order valence-corrected chi connectivity index (χ2v) is 5.43. The fourth-order valence-corrected chi connectivity index (χ4v) is 2.56. The molecule has 1 rings (SSSR count). The highest BCUT2D eigenvalue weighted by Gasteiger charge is 2.44. The van der Waals surface area contributed by atoms with Gasteiger partial charge in [0.2, 0.25) is 0 Å². The minimum Gasteiger partial charge on any atom is -0.466 e. The average molecular weight is 228 g/mol. The van der Waals surface area contributed by atoms with Gasteiger partial charge in [-0.2, -0.15) is 0 Å². The third-order valence-corrected chi connectivity index (χ3v) is 3.95. The van der Waals surface area contributed by atoms with Crippen LogP contribution in [0.4, 0.5) is 0 Å². The van der Waals surface area contributed by atoms with Crippen LogP contribution < -0.4 is 0 Å². The Morgan fingerprint density at radius 1 is 1.31 bits per heavy atom. The van der Waals surface area contributed by atoms with E-state index in [9.17, 15) is 9.90 Å². The van der Waals surface area contributed by atoms with Crippen molar-refractivity contribution in [2.24, 2.45) is 5.41 Å². The molecule has 1 N–H and O–H groups in total. The van der Waals surface area contributed by atoms with E-state index in [1.54, 1.807) is 6.92 Å². The van der Waals surface area contributed by atoms with E-state index in [2.05, 4.69) is 13.8 Å². The van der Waals surface area contributed by atoms with Crippen LogP contribution in [0.3, 0.4) is 0 Å². The van der Waals surface area contributed by atoms with Crippen molar-refractivity contribution in [1.82, 2.24) is 0 Å². The summed E-state index contributed by atoms with van der Waals surface area (Å²) < 4.78 is 4.90. The summed E-state index contributed by atoms with van der Waals surface area (Å²) in [5, 5.41) is 10.6. The molecular weight excluding hydrogens is 204 g/mol. The molecule has 3 nitrogen and oxygen atoms in total. The lowest BCUT2D eigenvalue weighted by molar-refractivity contribution is -0.148. The lowest BCUT2D eigenvalue weighted by Gasteiger charge is -2.46. The Balaban J connectivity index is 2.52. The maximum atomic E-state index is 11.3. The summed E-state index contributed by atoms with van der Waals surface area (Å²) in [5.74, 6) is -0.197. The summed E-state index contributed by atoms with van der Waals surface area (Å²) in [4.78, 5) is 11.3. The van der Waals surface area contributed by atoms with Crippen LogP contribution in [0.25, 0.3) is 0 Å². The first-order valence-corrected chi connectivity index (χ1v) is 6.29. The van der Waals surface area contributed by atoms with E-state index in [1.807, 2.05) is 0 Å². The van der Waals surface area contributed by atoms with Gasteiger partial charge in [0, 0.05) is 6.42 Å². The van der Waals surface area contributed by atoms with Gasteiger partial charge >= 0.3 is 5.97 Å². The van der Waals surface area contributed by atoms with Gasteiger partial charge in [-0.25, -0.2) is 0 Å². The largest absolute Gasteiger partial charge is 0.466 e. The lowest BCUT2D eigenvalue weighted by atomic mass is 9.64. The molecule has 1 atom stereocenters. The molecule has 1 unspecified atom stereocenters. The van der Waals surface area contributed by atoms with Gasteiger partial charge in [0.15, 0.2) is 0 Å². The van der Waals surface area contributed by atoms with Crippen LogP contribution in [0, 0.1) is 5.41 Å². The third-order valence-electron chi connectivity index (χ3n) is 3.95. The van der Waals surface area contributed by atoms with E-state index in [0.717, 1.165) is 19.3 Å². The molecular formula is C13H24O3. The quantitative estimate of drug-likeness (QED) is 0.752. The third kappa shape index (κ3) is 2.97. The molecule has 0 radical (unpaired) electrons. The standard InChI is InChI=1S/C13H24O3/c1-4-16-11(14)7-10-13(15)9-6-5-8-12(13,2)3/h15H,4-10H2,1-3H3. The van der Waals surface area contributed by atoms with Crippen molar-refractivity contribution in [3.63, 3.8) is 0 Å². The molecule has 16 heavy (non-hydrogen) atoms.